The van der Waals surface area contributed by atoms with Gasteiger partial charge >= 0.3 is 6.18 Å². The van der Waals surface area contributed by atoms with Crippen molar-refractivity contribution >= 4 is 17.2 Å². The highest BCUT2D eigenvalue weighted by molar-refractivity contribution is 5.97. The third-order valence-electron chi connectivity index (χ3n) is 10.9. The van der Waals surface area contributed by atoms with E-state index in [-0.39, 0.29) is 37.2 Å². The van der Waals surface area contributed by atoms with Gasteiger partial charge in [-0.3, -0.25) is 4.79 Å². The number of oxime groups is 1. The molecule has 1 aromatic rings. The van der Waals surface area contributed by atoms with Crippen molar-refractivity contribution < 1.29 is 37.0 Å². The van der Waals surface area contributed by atoms with Gasteiger partial charge in [-0.25, -0.2) is 4.39 Å². The minimum Gasteiger partial charge on any atom is -0.411 e. The molecule has 3 fully saturated rings. The van der Waals surface area contributed by atoms with Gasteiger partial charge < -0.3 is 19.6 Å². The van der Waals surface area contributed by atoms with Gasteiger partial charge in [0, 0.05) is 37.7 Å². The van der Waals surface area contributed by atoms with Crippen LogP contribution in [0.1, 0.15) is 56.9 Å². The normalized spacial score (nSPS) is 34.5. The summed E-state index contributed by atoms with van der Waals surface area (Å²) in [7, 11) is 1.36. The lowest BCUT2D eigenvalue weighted by Gasteiger charge is -2.55. The second-order valence-corrected chi connectivity index (χ2v) is 13.0. The number of methoxy groups -OCH3 is 1. The SMILES string of the molecule is COCC(=O)[C@@]1(C#CC(F)(F)F)CC[C@H]2[C@@H]3CC(F)C4=C/C(=N/O)CCC4=C3[C@@H](c3ccc(N4CCOCC4)cc3)C[C@@]21C. The van der Waals surface area contributed by atoms with E-state index in [4.69, 9.17) is 9.47 Å². The molecule has 1 aromatic carbocycles. The van der Waals surface area contributed by atoms with Crippen LogP contribution >= 0.6 is 0 Å². The minimum absolute atomic E-state index is 0.160. The Kier molecular flexibility index (Phi) is 8.16. The first-order valence-electron chi connectivity index (χ1n) is 15.4. The monoisotopic (exact) mass is 614 g/mol. The summed E-state index contributed by atoms with van der Waals surface area (Å²) in [4.78, 5) is 16.0. The number of alkyl halides is 4. The maximum Gasteiger partial charge on any atom is 0.457 e. The number of anilines is 1. The van der Waals surface area contributed by atoms with Gasteiger partial charge in [-0.1, -0.05) is 35.7 Å². The van der Waals surface area contributed by atoms with E-state index in [0.717, 1.165) is 35.5 Å². The molecule has 6 atom stereocenters. The van der Waals surface area contributed by atoms with Crippen LogP contribution < -0.4 is 4.90 Å². The van der Waals surface area contributed by atoms with Crippen LogP contribution in [0.2, 0.25) is 0 Å². The molecule has 44 heavy (non-hydrogen) atoms. The van der Waals surface area contributed by atoms with Gasteiger partial charge in [0.05, 0.1) is 24.3 Å². The first-order chi connectivity index (χ1) is 21.0. The Morgan fingerprint density at radius 3 is 2.59 bits per heavy atom. The van der Waals surface area contributed by atoms with Crippen molar-refractivity contribution in [1.29, 1.82) is 0 Å². The van der Waals surface area contributed by atoms with Crippen molar-refractivity contribution in [2.75, 3.05) is 44.9 Å². The number of halogens is 4. The van der Waals surface area contributed by atoms with Gasteiger partial charge in [0.25, 0.3) is 0 Å². The van der Waals surface area contributed by atoms with Crippen LogP contribution in [0.25, 0.3) is 0 Å². The molecule has 236 valence electrons. The van der Waals surface area contributed by atoms with E-state index in [0.29, 0.717) is 50.2 Å². The summed E-state index contributed by atoms with van der Waals surface area (Å²) >= 11 is 0. The molecule has 1 N–H and O–H groups in total. The number of ether oxygens (including phenoxy) is 2. The number of morpholine rings is 1. The van der Waals surface area contributed by atoms with Crippen molar-refractivity contribution in [2.24, 2.45) is 27.8 Å². The Morgan fingerprint density at radius 1 is 1.20 bits per heavy atom. The number of fused-ring (bicyclic) bond motifs is 4. The summed E-state index contributed by atoms with van der Waals surface area (Å²) in [6.45, 7) is 4.42. The van der Waals surface area contributed by atoms with Crippen molar-refractivity contribution in [1.82, 2.24) is 0 Å². The van der Waals surface area contributed by atoms with Gasteiger partial charge in [-0.15, -0.1) is 0 Å². The lowest BCUT2D eigenvalue weighted by Crippen LogP contribution is -2.52. The summed E-state index contributed by atoms with van der Waals surface area (Å²) in [6, 6.07) is 8.25. The molecule has 1 aliphatic heterocycles. The lowest BCUT2D eigenvalue weighted by atomic mass is 9.48. The van der Waals surface area contributed by atoms with Crippen LogP contribution in [-0.4, -0.2) is 69.1 Å². The molecule has 10 heteroatoms. The molecule has 1 heterocycles. The number of hydrogen-bond donors (Lipinski definition) is 1. The van der Waals surface area contributed by atoms with Crippen LogP contribution in [0, 0.1) is 34.5 Å². The highest BCUT2D eigenvalue weighted by Gasteiger charge is 2.66. The first kappa shape index (κ1) is 30.8. The van der Waals surface area contributed by atoms with Crippen LogP contribution in [0.15, 0.2) is 52.2 Å². The molecule has 1 unspecified atom stereocenters. The van der Waals surface area contributed by atoms with Gasteiger partial charge in [0.15, 0.2) is 5.78 Å². The molecule has 0 bridgehead atoms. The van der Waals surface area contributed by atoms with Crippen LogP contribution in [0.3, 0.4) is 0 Å². The Labute approximate surface area is 255 Å². The number of Topliss-reactive ketones (excluding diaryl/α,β-unsaturated/α-hetero) is 1. The zero-order valence-electron chi connectivity index (χ0n) is 25.1. The van der Waals surface area contributed by atoms with Gasteiger partial charge in [0.2, 0.25) is 0 Å². The molecular weight excluding hydrogens is 576 g/mol. The van der Waals surface area contributed by atoms with E-state index in [9.17, 15) is 23.2 Å². The van der Waals surface area contributed by atoms with Crippen molar-refractivity contribution in [3.8, 4) is 11.8 Å². The summed E-state index contributed by atoms with van der Waals surface area (Å²) in [5.74, 6) is 2.74. The predicted octanol–water partition coefficient (Wildman–Crippen LogP) is 6.40. The molecule has 0 radical (unpaired) electrons. The van der Waals surface area contributed by atoms with Crippen molar-refractivity contribution in [2.45, 2.75) is 63.7 Å². The van der Waals surface area contributed by atoms with E-state index in [2.05, 4.69) is 40.2 Å². The van der Waals surface area contributed by atoms with Crippen molar-refractivity contribution in [3.63, 3.8) is 0 Å². The molecule has 0 amide bonds. The second kappa shape index (κ2) is 11.6. The summed E-state index contributed by atoms with van der Waals surface area (Å²) < 4.78 is 67.4. The zero-order valence-corrected chi connectivity index (χ0v) is 25.1. The Hall–Kier alpha value is -3.16. The van der Waals surface area contributed by atoms with Gasteiger partial charge in [-0.2, -0.15) is 13.2 Å². The predicted molar refractivity (Wildman–Crippen MR) is 157 cm³/mol. The average Bonchev–Trinajstić information content (AvgIpc) is 3.32. The van der Waals surface area contributed by atoms with E-state index >= 15 is 4.39 Å². The summed E-state index contributed by atoms with van der Waals surface area (Å²) in [5, 5.41) is 12.8. The van der Waals surface area contributed by atoms with E-state index in [1.54, 1.807) is 6.08 Å². The number of nitrogens with zero attached hydrogens (tertiary/aromatic N) is 2. The number of allylic oxidation sites excluding steroid dienone is 4. The first-order valence-corrected chi connectivity index (χ1v) is 15.4. The highest BCUT2D eigenvalue weighted by atomic mass is 19.4. The maximum atomic E-state index is 16.0. The number of ketones is 1. The fraction of sp³-hybridized carbons (Fsp3) is 0.588. The summed E-state index contributed by atoms with van der Waals surface area (Å²) in [6.07, 6.45) is -2.23. The molecule has 4 aliphatic carbocycles. The third-order valence-corrected chi connectivity index (χ3v) is 10.9. The molecule has 2 saturated carbocycles. The zero-order chi connectivity index (χ0) is 31.3. The average molecular weight is 615 g/mol. The smallest absolute Gasteiger partial charge is 0.411 e. The molecule has 1 saturated heterocycles. The number of hydrogen-bond acceptors (Lipinski definition) is 6. The van der Waals surface area contributed by atoms with Crippen LogP contribution in [-0.2, 0) is 14.3 Å². The van der Waals surface area contributed by atoms with E-state index in [1.807, 2.05) is 6.92 Å². The standard InChI is InChI=1S/C34H38F4N2O4/c1-32-19-27(21-3-6-23(7-4-21)40-13-15-44-16-14-40)31-24-8-5-22(39-42)17-25(24)29(35)18-26(31)28(32)9-10-33(32,30(41)20-43-2)11-12-34(36,37)38/h3-4,6-7,17,26-29,42H,5,8-10,13-16,18-20H2,1-2H3/b39-22+/t26-,27+,28-,29?,32-,33-/m0/s1. The van der Waals surface area contributed by atoms with Crippen LogP contribution in [0.5, 0.6) is 0 Å². The van der Waals surface area contributed by atoms with Gasteiger partial charge in [0.1, 0.15) is 12.8 Å². The number of carbonyl (C=O) groups excluding carboxylic acids is 1. The Balaban J connectivity index is 1.51. The van der Waals surface area contributed by atoms with Gasteiger partial charge in [-0.05, 0) is 90.7 Å². The second-order valence-electron chi connectivity index (χ2n) is 13.0. The fourth-order valence-electron chi connectivity index (χ4n) is 8.95. The topological polar surface area (TPSA) is 71.4 Å². The molecule has 0 spiro atoms. The molecule has 6 rings (SSSR count). The fourth-order valence-corrected chi connectivity index (χ4v) is 8.95. The lowest BCUT2D eigenvalue weighted by molar-refractivity contribution is -0.136. The molecule has 6 nitrogen and oxygen atoms in total. The molecule has 5 aliphatic rings. The van der Waals surface area contributed by atoms with Crippen LogP contribution in [0.4, 0.5) is 23.2 Å². The minimum atomic E-state index is -4.76. The van der Waals surface area contributed by atoms with Crippen molar-refractivity contribution in [3.05, 3.63) is 52.6 Å². The molecular formula is C34H38F4N2O4. The van der Waals surface area contributed by atoms with E-state index < -0.39 is 29.0 Å². The Bertz CT molecular complexity index is 1450. The largest absolute Gasteiger partial charge is 0.457 e. The number of benzene rings is 1. The highest BCUT2D eigenvalue weighted by Crippen LogP contribution is 2.70. The Morgan fingerprint density at radius 2 is 1.93 bits per heavy atom. The number of carbonyl (C=O) groups is 1. The quantitative estimate of drug-likeness (QED) is 0.180. The number of rotatable bonds is 5. The maximum absolute atomic E-state index is 16.0. The summed E-state index contributed by atoms with van der Waals surface area (Å²) in [5.41, 5.74) is 2.52. The third kappa shape index (κ3) is 5.16. The van der Waals surface area contributed by atoms with E-state index in [1.165, 1.54) is 13.0 Å². The molecule has 0 aromatic heterocycles.